The number of hydrogen-bond acceptors (Lipinski definition) is 4. The maximum Gasteiger partial charge on any atom is 0.232 e. The zero-order valence-corrected chi connectivity index (χ0v) is 13.2. The summed E-state index contributed by atoms with van der Waals surface area (Å²) < 4.78 is 0. The Morgan fingerprint density at radius 1 is 1.35 bits per heavy atom. The molecule has 1 aromatic rings. The third kappa shape index (κ3) is 5.84. The number of phenolic OH excluding ortho intramolecular Hbond substituents is 1. The predicted octanol–water partition coefficient (Wildman–Crippen LogP) is 2.32. The molecule has 0 spiro atoms. The van der Waals surface area contributed by atoms with Crippen molar-refractivity contribution in [3.05, 3.63) is 24.3 Å². The molecule has 112 valence electrons. The molecule has 0 radical (unpaired) electrons. The van der Waals surface area contributed by atoms with Gasteiger partial charge in [0.1, 0.15) is 5.75 Å². The van der Waals surface area contributed by atoms with Crippen LogP contribution >= 0.6 is 11.8 Å². The van der Waals surface area contributed by atoms with Gasteiger partial charge in [-0.05, 0) is 36.6 Å². The average Bonchev–Trinajstić information content (AvgIpc) is 2.43. The number of aromatic hydroxyl groups is 1. The summed E-state index contributed by atoms with van der Waals surface area (Å²) in [5.41, 5.74) is 5.98. The summed E-state index contributed by atoms with van der Waals surface area (Å²) in [5, 5.41) is 9.19. The zero-order chi connectivity index (χ0) is 15.1. The fraction of sp³-hybridized carbons (Fsp3) is 0.533. The number of carbonyl (C=O) groups is 1. The van der Waals surface area contributed by atoms with E-state index in [2.05, 4.69) is 13.8 Å². The molecule has 0 heterocycles. The summed E-state index contributed by atoms with van der Waals surface area (Å²) in [6.07, 6.45) is 0.823. The first-order chi connectivity index (χ1) is 9.40. The maximum absolute atomic E-state index is 12.0. The Morgan fingerprint density at radius 3 is 2.50 bits per heavy atom. The molecule has 1 amide bonds. The lowest BCUT2D eigenvalue weighted by molar-refractivity contribution is -0.127. The van der Waals surface area contributed by atoms with Crippen LogP contribution in [0.25, 0.3) is 0 Å². The molecule has 0 fully saturated rings. The van der Waals surface area contributed by atoms with E-state index >= 15 is 0 Å². The van der Waals surface area contributed by atoms with E-state index in [4.69, 9.17) is 5.73 Å². The highest BCUT2D eigenvalue weighted by Crippen LogP contribution is 2.20. The SMILES string of the molecule is CC(C)C(N)CCN(C)C(=O)CSc1ccc(O)cc1. The first kappa shape index (κ1) is 16.9. The van der Waals surface area contributed by atoms with Crippen molar-refractivity contribution in [1.82, 2.24) is 4.90 Å². The number of amides is 1. The molecule has 20 heavy (non-hydrogen) atoms. The second-order valence-corrected chi connectivity index (χ2v) is 6.34. The fourth-order valence-electron chi connectivity index (χ4n) is 1.60. The van der Waals surface area contributed by atoms with E-state index in [9.17, 15) is 9.90 Å². The number of nitrogens with zero attached hydrogens (tertiary/aromatic N) is 1. The average molecular weight is 296 g/mol. The van der Waals surface area contributed by atoms with Gasteiger partial charge in [-0.3, -0.25) is 4.79 Å². The van der Waals surface area contributed by atoms with Crippen LogP contribution in [0, 0.1) is 5.92 Å². The van der Waals surface area contributed by atoms with Gasteiger partial charge in [0.2, 0.25) is 5.91 Å². The minimum absolute atomic E-state index is 0.0963. The zero-order valence-electron chi connectivity index (χ0n) is 12.4. The molecular formula is C15H24N2O2S. The largest absolute Gasteiger partial charge is 0.508 e. The van der Waals surface area contributed by atoms with Gasteiger partial charge in [0.25, 0.3) is 0 Å². The summed E-state index contributed by atoms with van der Waals surface area (Å²) in [6.45, 7) is 4.87. The predicted molar refractivity (Wildman–Crippen MR) is 83.9 cm³/mol. The standard InChI is InChI=1S/C15H24N2O2S/c1-11(2)14(16)8-9-17(3)15(19)10-20-13-6-4-12(18)5-7-13/h4-7,11,14,18H,8-10,16H2,1-3H3. The number of rotatable bonds is 7. The Hall–Kier alpha value is -1.20. The minimum Gasteiger partial charge on any atom is -0.508 e. The molecule has 5 heteroatoms. The summed E-state index contributed by atoms with van der Waals surface area (Å²) in [4.78, 5) is 14.7. The maximum atomic E-state index is 12.0. The van der Waals surface area contributed by atoms with Crippen LogP contribution in [0.3, 0.4) is 0 Å². The molecule has 1 rings (SSSR count). The molecule has 0 aliphatic carbocycles. The van der Waals surface area contributed by atoms with E-state index in [-0.39, 0.29) is 17.7 Å². The van der Waals surface area contributed by atoms with Crippen molar-refractivity contribution < 1.29 is 9.90 Å². The van der Waals surface area contributed by atoms with Crippen LogP contribution in [-0.2, 0) is 4.79 Å². The van der Waals surface area contributed by atoms with E-state index in [0.717, 1.165) is 11.3 Å². The molecule has 0 aliphatic heterocycles. The quantitative estimate of drug-likeness (QED) is 0.758. The van der Waals surface area contributed by atoms with Crippen molar-refractivity contribution in [1.29, 1.82) is 0 Å². The monoisotopic (exact) mass is 296 g/mol. The number of benzene rings is 1. The van der Waals surface area contributed by atoms with Crippen LogP contribution < -0.4 is 5.73 Å². The Bertz CT molecular complexity index is 420. The van der Waals surface area contributed by atoms with Gasteiger partial charge in [0, 0.05) is 24.5 Å². The Kier molecular flexibility index (Phi) is 6.88. The number of thioether (sulfide) groups is 1. The Balaban J connectivity index is 2.33. The minimum atomic E-state index is 0.0963. The topological polar surface area (TPSA) is 66.6 Å². The molecular weight excluding hydrogens is 272 g/mol. The number of nitrogens with two attached hydrogens (primary N) is 1. The first-order valence-electron chi connectivity index (χ1n) is 6.81. The van der Waals surface area contributed by atoms with Crippen molar-refractivity contribution >= 4 is 17.7 Å². The van der Waals surface area contributed by atoms with Crippen molar-refractivity contribution in [3.63, 3.8) is 0 Å². The third-order valence-electron chi connectivity index (χ3n) is 3.28. The van der Waals surface area contributed by atoms with Crippen molar-refractivity contribution in [2.75, 3.05) is 19.3 Å². The lowest BCUT2D eigenvalue weighted by Gasteiger charge is -2.21. The summed E-state index contributed by atoms with van der Waals surface area (Å²) in [6, 6.07) is 7.00. The van der Waals surface area contributed by atoms with Crippen molar-refractivity contribution in [2.24, 2.45) is 11.7 Å². The molecule has 0 aliphatic rings. The van der Waals surface area contributed by atoms with Crippen LogP contribution in [0.1, 0.15) is 20.3 Å². The van der Waals surface area contributed by atoms with Gasteiger partial charge in [0.05, 0.1) is 5.75 Å². The second kappa shape index (κ2) is 8.17. The van der Waals surface area contributed by atoms with E-state index in [1.54, 1.807) is 17.0 Å². The van der Waals surface area contributed by atoms with Gasteiger partial charge in [-0.2, -0.15) is 0 Å². The van der Waals surface area contributed by atoms with Crippen molar-refractivity contribution in [3.8, 4) is 5.75 Å². The van der Waals surface area contributed by atoms with Crippen molar-refractivity contribution in [2.45, 2.75) is 31.2 Å². The Morgan fingerprint density at radius 2 is 1.95 bits per heavy atom. The van der Waals surface area contributed by atoms with Crippen LogP contribution in [0.4, 0.5) is 0 Å². The highest BCUT2D eigenvalue weighted by molar-refractivity contribution is 8.00. The number of hydrogen-bond donors (Lipinski definition) is 2. The molecule has 0 saturated carbocycles. The Labute approximate surface area is 125 Å². The van der Waals surface area contributed by atoms with E-state index < -0.39 is 0 Å². The lowest BCUT2D eigenvalue weighted by Crippen LogP contribution is -2.35. The lowest BCUT2D eigenvalue weighted by atomic mass is 10.0. The number of phenols is 1. The summed E-state index contributed by atoms with van der Waals surface area (Å²) in [5.74, 6) is 1.17. The molecule has 0 saturated heterocycles. The molecule has 3 N–H and O–H groups in total. The third-order valence-corrected chi connectivity index (χ3v) is 4.28. The highest BCUT2D eigenvalue weighted by atomic mass is 32.2. The summed E-state index contributed by atoms with van der Waals surface area (Å²) >= 11 is 1.47. The van der Waals surface area contributed by atoms with Gasteiger partial charge in [0.15, 0.2) is 0 Å². The molecule has 1 aromatic carbocycles. The fourth-order valence-corrected chi connectivity index (χ4v) is 2.44. The van der Waals surface area contributed by atoms with Crippen LogP contribution in [0.15, 0.2) is 29.2 Å². The molecule has 1 unspecified atom stereocenters. The van der Waals surface area contributed by atoms with Gasteiger partial charge in [-0.25, -0.2) is 0 Å². The van der Waals surface area contributed by atoms with Gasteiger partial charge >= 0.3 is 0 Å². The second-order valence-electron chi connectivity index (χ2n) is 5.29. The molecule has 0 aromatic heterocycles. The number of carbonyl (C=O) groups excluding carboxylic acids is 1. The highest BCUT2D eigenvalue weighted by Gasteiger charge is 2.13. The summed E-state index contributed by atoms with van der Waals surface area (Å²) in [7, 11) is 1.81. The smallest absolute Gasteiger partial charge is 0.232 e. The van der Waals surface area contributed by atoms with Crippen LogP contribution in [0.2, 0.25) is 0 Å². The van der Waals surface area contributed by atoms with Gasteiger partial charge < -0.3 is 15.7 Å². The van der Waals surface area contributed by atoms with Crippen LogP contribution in [0.5, 0.6) is 5.75 Å². The first-order valence-corrected chi connectivity index (χ1v) is 7.80. The van der Waals surface area contributed by atoms with Gasteiger partial charge in [-0.15, -0.1) is 11.8 Å². The van der Waals surface area contributed by atoms with E-state index in [1.807, 2.05) is 19.2 Å². The molecule has 4 nitrogen and oxygen atoms in total. The molecule has 0 bridgehead atoms. The normalized spacial score (nSPS) is 12.4. The van der Waals surface area contributed by atoms with Crippen LogP contribution in [-0.4, -0.2) is 41.3 Å². The van der Waals surface area contributed by atoms with Gasteiger partial charge in [-0.1, -0.05) is 13.8 Å². The van der Waals surface area contributed by atoms with E-state index in [0.29, 0.717) is 18.2 Å². The van der Waals surface area contributed by atoms with E-state index in [1.165, 1.54) is 11.8 Å². The molecule has 1 atom stereocenters.